The summed E-state index contributed by atoms with van der Waals surface area (Å²) in [6, 6.07) is 4.86. The number of fused-ring (bicyclic) bond motifs is 1. The molecule has 178 valence electrons. The Kier molecular flexibility index (Phi) is 8.00. The van der Waals surface area contributed by atoms with Gasteiger partial charge in [0.05, 0.1) is 24.6 Å². The summed E-state index contributed by atoms with van der Waals surface area (Å²) in [6.07, 6.45) is 1.20. The van der Waals surface area contributed by atoms with Gasteiger partial charge in [0.15, 0.2) is 21.3 Å². The van der Waals surface area contributed by atoms with Gasteiger partial charge in [0.2, 0.25) is 11.8 Å². The Balaban J connectivity index is 1.60. The predicted molar refractivity (Wildman–Crippen MR) is 122 cm³/mol. The fourth-order valence-electron chi connectivity index (χ4n) is 4.08. The van der Waals surface area contributed by atoms with Crippen molar-refractivity contribution in [3.05, 3.63) is 18.2 Å². The van der Waals surface area contributed by atoms with Crippen LogP contribution in [0.1, 0.15) is 33.6 Å². The van der Waals surface area contributed by atoms with Crippen molar-refractivity contribution in [3.8, 4) is 11.5 Å². The van der Waals surface area contributed by atoms with Gasteiger partial charge in [0, 0.05) is 23.8 Å². The number of hydrogen-bond donors (Lipinski definition) is 1. The third-order valence-electron chi connectivity index (χ3n) is 5.95. The maximum atomic E-state index is 13.1. The standard InChI is InChI=1S/C22H33N3O6S/c1-4-16(3)25(18-8-11-32(28,29)15-18)22(27)14-24(5-2)13-21(26)23-17-6-7-19-20(12-17)31-10-9-30-19/h6-7,12,16,18H,4-5,8-11,13-15H2,1-3H3,(H,23,26)/t16-,18-/m0/s1. The molecule has 9 nitrogen and oxygen atoms in total. The monoisotopic (exact) mass is 467 g/mol. The van der Waals surface area contributed by atoms with E-state index in [2.05, 4.69) is 5.32 Å². The molecule has 1 saturated heterocycles. The number of anilines is 1. The molecule has 32 heavy (non-hydrogen) atoms. The van der Waals surface area contributed by atoms with Crippen LogP contribution in [0.2, 0.25) is 0 Å². The molecule has 3 rings (SSSR count). The molecular weight excluding hydrogens is 434 g/mol. The maximum absolute atomic E-state index is 13.1. The largest absolute Gasteiger partial charge is 0.486 e. The molecule has 0 spiro atoms. The van der Waals surface area contributed by atoms with E-state index in [0.717, 1.165) is 6.42 Å². The molecular formula is C22H33N3O6S. The zero-order valence-corrected chi connectivity index (χ0v) is 19.8. The third kappa shape index (κ3) is 6.13. The number of amides is 2. The highest BCUT2D eigenvalue weighted by Gasteiger charge is 2.36. The third-order valence-corrected chi connectivity index (χ3v) is 7.71. The first-order valence-corrected chi connectivity index (χ1v) is 13.0. The molecule has 0 saturated carbocycles. The van der Waals surface area contributed by atoms with E-state index in [1.165, 1.54) is 0 Å². The van der Waals surface area contributed by atoms with E-state index < -0.39 is 9.84 Å². The molecule has 1 fully saturated rings. The van der Waals surface area contributed by atoms with Gasteiger partial charge in [-0.25, -0.2) is 8.42 Å². The van der Waals surface area contributed by atoms with Crippen LogP contribution in [-0.4, -0.2) is 86.5 Å². The van der Waals surface area contributed by atoms with E-state index in [1.54, 1.807) is 28.0 Å². The van der Waals surface area contributed by atoms with Crippen molar-refractivity contribution in [3.63, 3.8) is 0 Å². The van der Waals surface area contributed by atoms with Gasteiger partial charge >= 0.3 is 0 Å². The average molecular weight is 468 g/mol. The van der Waals surface area contributed by atoms with Gasteiger partial charge in [-0.2, -0.15) is 0 Å². The minimum Gasteiger partial charge on any atom is -0.486 e. The highest BCUT2D eigenvalue weighted by atomic mass is 32.2. The van der Waals surface area contributed by atoms with Crippen molar-refractivity contribution in [1.82, 2.24) is 9.80 Å². The van der Waals surface area contributed by atoms with Gasteiger partial charge in [-0.3, -0.25) is 14.5 Å². The molecule has 10 heteroatoms. The van der Waals surface area contributed by atoms with Crippen LogP contribution in [0.15, 0.2) is 18.2 Å². The summed E-state index contributed by atoms with van der Waals surface area (Å²) >= 11 is 0. The second-order valence-electron chi connectivity index (χ2n) is 8.33. The molecule has 2 aliphatic rings. The molecule has 2 heterocycles. The number of carbonyl (C=O) groups is 2. The highest BCUT2D eigenvalue weighted by molar-refractivity contribution is 7.91. The molecule has 2 aliphatic heterocycles. The Morgan fingerprint density at radius 3 is 2.50 bits per heavy atom. The van der Waals surface area contributed by atoms with Gasteiger partial charge < -0.3 is 19.7 Å². The van der Waals surface area contributed by atoms with Crippen LogP contribution < -0.4 is 14.8 Å². The quantitative estimate of drug-likeness (QED) is 0.587. The SMILES string of the molecule is CC[C@H](C)N(C(=O)CN(CC)CC(=O)Nc1ccc2c(c1)OCCO2)[C@H]1CCS(=O)(=O)C1. The van der Waals surface area contributed by atoms with E-state index in [9.17, 15) is 18.0 Å². The van der Waals surface area contributed by atoms with Crippen molar-refractivity contribution in [2.45, 2.75) is 45.7 Å². The maximum Gasteiger partial charge on any atom is 0.238 e. The smallest absolute Gasteiger partial charge is 0.238 e. The molecule has 0 unspecified atom stereocenters. The normalized spacial score (nSPS) is 20.1. The molecule has 0 aliphatic carbocycles. The summed E-state index contributed by atoms with van der Waals surface area (Å²) in [5.74, 6) is 0.985. The van der Waals surface area contributed by atoms with Crippen LogP contribution in [0.3, 0.4) is 0 Å². The summed E-state index contributed by atoms with van der Waals surface area (Å²) in [5, 5.41) is 2.84. The first kappa shape index (κ1) is 24.3. The topological polar surface area (TPSA) is 105 Å². The van der Waals surface area contributed by atoms with Crippen LogP contribution in [0, 0.1) is 0 Å². The lowest BCUT2D eigenvalue weighted by molar-refractivity contribution is -0.137. The molecule has 0 radical (unpaired) electrons. The molecule has 0 aromatic heterocycles. The second kappa shape index (κ2) is 10.5. The van der Waals surface area contributed by atoms with Crippen molar-refractivity contribution in [1.29, 1.82) is 0 Å². The summed E-state index contributed by atoms with van der Waals surface area (Å²) in [4.78, 5) is 29.2. The number of sulfone groups is 1. The molecule has 2 atom stereocenters. The summed E-state index contributed by atoms with van der Waals surface area (Å²) in [5.41, 5.74) is 0.596. The van der Waals surface area contributed by atoms with Crippen LogP contribution in [0.5, 0.6) is 11.5 Å². The number of hydrogen-bond acceptors (Lipinski definition) is 7. The zero-order chi connectivity index (χ0) is 23.3. The number of likely N-dealkylation sites (N-methyl/N-ethyl adjacent to an activating group) is 1. The van der Waals surface area contributed by atoms with Crippen molar-refractivity contribution >= 4 is 27.3 Å². The Morgan fingerprint density at radius 1 is 1.16 bits per heavy atom. The number of nitrogens with one attached hydrogen (secondary N) is 1. The molecule has 1 aromatic rings. The summed E-state index contributed by atoms with van der Waals surface area (Å²) < 4.78 is 34.9. The van der Waals surface area contributed by atoms with E-state index in [0.29, 0.717) is 43.4 Å². The number of ether oxygens (including phenoxy) is 2. The fourth-order valence-corrected chi connectivity index (χ4v) is 5.79. The predicted octanol–water partition coefficient (Wildman–Crippen LogP) is 1.53. The molecule has 1 N–H and O–H groups in total. The summed E-state index contributed by atoms with van der Waals surface area (Å²) in [6.45, 7) is 7.39. The lowest BCUT2D eigenvalue weighted by Crippen LogP contribution is -2.51. The molecule has 1 aromatic carbocycles. The number of carbonyl (C=O) groups excluding carboxylic acids is 2. The van der Waals surface area contributed by atoms with Crippen molar-refractivity contribution in [2.24, 2.45) is 0 Å². The Labute approximate surface area is 190 Å². The Bertz CT molecular complexity index is 936. The highest BCUT2D eigenvalue weighted by Crippen LogP contribution is 2.32. The second-order valence-corrected chi connectivity index (χ2v) is 10.6. The zero-order valence-electron chi connectivity index (χ0n) is 19.0. The van der Waals surface area contributed by atoms with E-state index >= 15 is 0 Å². The number of rotatable bonds is 9. The number of nitrogens with zero attached hydrogens (tertiary/aromatic N) is 2. The van der Waals surface area contributed by atoms with Crippen LogP contribution >= 0.6 is 0 Å². The minimum atomic E-state index is -3.10. The Morgan fingerprint density at radius 2 is 1.88 bits per heavy atom. The Hall–Kier alpha value is -2.33. The average Bonchev–Trinajstić information content (AvgIpc) is 3.12. The lowest BCUT2D eigenvalue weighted by atomic mass is 10.1. The van der Waals surface area contributed by atoms with Gasteiger partial charge in [-0.1, -0.05) is 13.8 Å². The van der Waals surface area contributed by atoms with Crippen LogP contribution in [0.4, 0.5) is 5.69 Å². The first-order chi connectivity index (χ1) is 15.2. The van der Waals surface area contributed by atoms with Crippen LogP contribution in [-0.2, 0) is 19.4 Å². The summed E-state index contributed by atoms with van der Waals surface area (Å²) in [7, 11) is -3.10. The van der Waals surface area contributed by atoms with E-state index in [-0.39, 0.29) is 48.5 Å². The van der Waals surface area contributed by atoms with Crippen LogP contribution in [0.25, 0.3) is 0 Å². The first-order valence-electron chi connectivity index (χ1n) is 11.2. The van der Waals surface area contributed by atoms with Gasteiger partial charge in [0.25, 0.3) is 0 Å². The van der Waals surface area contributed by atoms with E-state index in [1.807, 2.05) is 20.8 Å². The molecule has 0 bridgehead atoms. The number of benzene rings is 1. The van der Waals surface area contributed by atoms with Gasteiger partial charge in [-0.05, 0) is 38.4 Å². The van der Waals surface area contributed by atoms with Crippen molar-refractivity contribution < 1.29 is 27.5 Å². The van der Waals surface area contributed by atoms with Gasteiger partial charge in [0.1, 0.15) is 13.2 Å². The van der Waals surface area contributed by atoms with Crippen molar-refractivity contribution in [2.75, 3.05) is 49.7 Å². The minimum absolute atomic E-state index is 0.0137. The fraction of sp³-hybridized carbons (Fsp3) is 0.636. The van der Waals surface area contributed by atoms with E-state index in [4.69, 9.17) is 9.47 Å². The molecule has 2 amide bonds. The lowest BCUT2D eigenvalue weighted by Gasteiger charge is -2.35. The van der Waals surface area contributed by atoms with Gasteiger partial charge in [-0.15, -0.1) is 0 Å².